The highest BCUT2D eigenvalue weighted by atomic mass is 35.5. The topological polar surface area (TPSA) is 59.1 Å². The van der Waals surface area contributed by atoms with Crippen LogP contribution < -0.4 is 5.32 Å². The Hall–Kier alpha value is -1.59. The largest absolute Gasteiger partial charge is 0.380 e. The maximum Gasteiger partial charge on any atom is 0.151 e. The van der Waals surface area contributed by atoms with Crippen molar-refractivity contribution in [2.75, 3.05) is 11.6 Å². The number of hydrogen-bond acceptors (Lipinski definition) is 4. The monoisotopic (exact) mass is 310 g/mol. The van der Waals surface area contributed by atoms with E-state index in [1.807, 2.05) is 24.3 Å². The molecule has 20 heavy (non-hydrogen) atoms. The van der Waals surface area contributed by atoms with Crippen molar-refractivity contribution in [3.8, 4) is 0 Å². The molecule has 1 N–H and O–H groups in total. The van der Waals surface area contributed by atoms with Crippen LogP contribution >= 0.6 is 11.6 Å². The van der Waals surface area contributed by atoms with Gasteiger partial charge in [0, 0.05) is 25.2 Å². The zero-order valence-electron chi connectivity index (χ0n) is 11.0. The second-order valence-corrected chi connectivity index (χ2v) is 7.14. The van der Waals surface area contributed by atoms with E-state index >= 15 is 0 Å². The van der Waals surface area contributed by atoms with Crippen LogP contribution in [0.25, 0.3) is 0 Å². The van der Waals surface area contributed by atoms with Crippen LogP contribution in [-0.4, -0.2) is 19.7 Å². The molecule has 0 atom stereocenters. The van der Waals surface area contributed by atoms with Crippen LogP contribution in [0.1, 0.15) is 11.1 Å². The number of hydrogen-bond donors (Lipinski definition) is 1. The fourth-order valence-corrected chi connectivity index (χ4v) is 2.76. The summed E-state index contributed by atoms with van der Waals surface area (Å²) >= 11 is 6.00. The predicted molar refractivity (Wildman–Crippen MR) is 81.6 cm³/mol. The highest BCUT2D eigenvalue weighted by Crippen LogP contribution is 2.20. The zero-order chi connectivity index (χ0) is 14.6. The number of rotatable bonds is 5. The standard InChI is InChI=1S/C14H15ClN2O2S/c1-20(18,19)10-12-4-2-11(3-5-12)8-17-14-6-7-16-9-13(14)15/h2-7,9H,8,10H2,1H3,(H,16,17). The summed E-state index contributed by atoms with van der Waals surface area (Å²) in [5.74, 6) is 0.0664. The summed E-state index contributed by atoms with van der Waals surface area (Å²) in [5, 5.41) is 3.78. The van der Waals surface area contributed by atoms with Gasteiger partial charge in [0.2, 0.25) is 0 Å². The number of halogens is 1. The molecule has 1 aromatic heterocycles. The molecule has 1 aromatic carbocycles. The smallest absolute Gasteiger partial charge is 0.151 e. The summed E-state index contributed by atoms with van der Waals surface area (Å²) < 4.78 is 22.4. The van der Waals surface area contributed by atoms with Crippen LogP contribution in [0.3, 0.4) is 0 Å². The van der Waals surface area contributed by atoms with E-state index in [2.05, 4.69) is 10.3 Å². The Morgan fingerprint density at radius 2 is 1.80 bits per heavy atom. The molecule has 0 unspecified atom stereocenters. The maximum atomic E-state index is 11.2. The number of sulfone groups is 1. The van der Waals surface area contributed by atoms with E-state index in [0.29, 0.717) is 11.6 Å². The quantitative estimate of drug-likeness (QED) is 0.922. The molecule has 106 valence electrons. The molecule has 0 saturated carbocycles. The minimum atomic E-state index is -2.99. The Balaban J connectivity index is 1.99. The number of anilines is 1. The molecule has 2 aromatic rings. The molecule has 6 heteroatoms. The Kier molecular flexibility index (Phi) is 4.62. The molecule has 0 amide bonds. The van der Waals surface area contributed by atoms with Gasteiger partial charge in [0.25, 0.3) is 0 Å². The first-order valence-electron chi connectivity index (χ1n) is 6.03. The molecule has 0 saturated heterocycles. The van der Waals surface area contributed by atoms with E-state index in [1.54, 1.807) is 18.5 Å². The Labute approximate surface area is 123 Å². The van der Waals surface area contributed by atoms with Gasteiger partial charge in [0.05, 0.1) is 16.5 Å². The maximum absolute atomic E-state index is 11.2. The molecule has 2 rings (SSSR count). The minimum absolute atomic E-state index is 0.0664. The van der Waals surface area contributed by atoms with Crippen molar-refractivity contribution in [2.24, 2.45) is 0 Å². The number of benzene rings is 1. The SMILES string of the molecule is CS(=O)(=O)Cc1ccc(CNc2ccncc2Cl)cc1. The van der Waals surface area contributed by atoms with Gasteiger partial charge in [-0.1, -0.05) is 35.9 Å². The van der Waals surface area contributed by atoms with Gasteiger partial charge in [-0.3, -0.25) is 4.98 Å². The summed E-state index contributed by atoms with van der Waals surface area (Å²) in [6.45, 7) is 0.614. The Morgan fingerprint density at radius 3 is 2.40 bits per heavy atom. The molecule has 0 aliphatic rings. The van der Waals surface area contributed by atoms with Gasteiger partial charge in [-0.2, -0.15) is 0 Å². The second-order valence-electron chi connectivity index (χ2n) is 4.60. The molecule has 0 aliphatic carbocycles. The fourth-order valence-electron chi connectivity index (χ4n) is 1.77. The number of nitrogens with one attached hydrogen (secondary N) is 1. The van der Waals surface area contributed by atoms with Gasteiger partial charge in [0.1, 0.15) is 0 Å². The molecular weight excluding hydrogens is 296 g/mol. The van der Waals surface area contributed by atoms with Crippen LogP contribution in [0.5, 0.6) is 0 Å². The summed E-state index contributed by atoms with van der Waals surface area (Å²) in [6, 6.07) is 9.27. The van der Waals surface area contributed by atoms with Gasteiger partial charge >= 0.3 is 0 Å². The van der Waals surface area contributed by atoms with Gasteiger partial charge in [-0.25, -0.2) is 8.42 Å². The van der Waals surface area contributed by atoms with E-state index < -0.39 is 9.84 Å². The third-order valence-electron chi connectivity index (χ3n) is 2.71. The van der Waals surface area contributed by atoms with Crippen molar-refractivity contribution >= 4 is 27.1 Å². The molecule has 0 radical (unpaired) electrons. The average molecular weight is 311 g/mol. The van der Waals surface area contributed by atoms with Crippen molar-refractivity contribution in [2.45, 2.75) is 12.3 Å². The second kappa shape index (κ2) is 6.24. The van der Waals surface area contributed by atoms with Gasteiger partial charge in [-0.15, -0.1) is 0 Å². The zero-order valence-corrected chi connectivity index (χ0v) is 12.6. The third-order valence-corrected chi connectivity index (χ3v) is 3.87. The van der Waals surface area contributed by atoms with Crippen molar-refractivity contribution in [3.63, 3.8) is 0 Å². The van der Waals surface area contributed by atoms with Gasteiger partial charge < -0.3 is 5.32 Å². The number of pyridine rings is 1. The average Bonchev–Trinajstić information content (AvgIpc) is 2.38. The summed E-state index contributed by atoms with van der Waals surface area (Å²) in [6.07, 6.45) is 4.48. The van der Waals surface area contributed by atoms with Crippen molar-refractivity contribution in [1.82, 2.24) is 4.98 Å². The van der Waals surface area contributed by atoms with Crippen molar-refractivity contribution in [1.29, 1.82) is 0 Å². The predicted octanol–water partition coefficient (Wildman–Crippen LogP) is 2.89. The lowest BCUT2D eigenvalue weighted by Crippen LogP contribution is -2.02. The normalized spacial score (nSPS) is 11.3. The highest BCUT2D eigenvalue weighted by Gasteiger charge is 2.04. The van der Waals surface area contributed by atoms with Crippen molar-refractivity contribution < 1.29 is 8.42 Å². The van der Waals surface area contributed by atoms with Gasteiger partial charge in [0.15, 0.2) is 9.84 Å². The molecular formula is C14H15ClN2O2S. The fraction of sp³-hybridized carbons (Fsp3) is 0.214. The van der Waals surface area contributed by atoms with E-state index in [4.69, 9.17) is 11.6 Å². The van der Waals surface area contributed by atoms with Crippen LogP contribution in [0.15, 0.2) is 42.7 Å². The summed E-state index contributed by atoms with van der Waals surface area (Å²) in [5.41, 5.74) is 2.66. The lowest BCUT2D eigenvalue weighted by Gasteiger charge is -2.08. The first-order valence-corrected chi connectivity index (χ1v) is 8.47. The lowest BCUT2D eigenvalue weighted by atomic mass is 10.1. The van der Waals surface area contributed by atoms with Crippen molar-refractivity contribution in [3.05, 3.63) is 58.9 Å². The molecule has 0 fully saturated rings. The number of aromatic nitrogens is 1. The van der Waals surface area contributed by atoms with E-state index in [-0.39, 0.29) is 5.75 Å². The first-order chi connectivity index (χ1) is 9.44. The van der Waals surface area contributed by atoms with Crippen LogP contribution in [0.2, 0.25) is 5.02 Å². The highest BCUT2D eigenvalue weighted by molar-refractivity contribution is 7.89. The Morgan fingerprint density at radius 1 is 1.15 bits per heavy atom. The van der Waals surface area contributed by atoms with Crippen LogP contribution in [0.4, 0.5) is 5.69 Å². The van der Waals surface area contributed by atoms with Gasteiger partial charge in [-0.05, 0) is 17.2 Å². The summed E-state index contributed by atoms with van der Waals surface area (Å²) in [4.78, 5) is 3.92. The molecule has 0 spiro atoms. The van der Waals surface area contributed by atoms with E-state index in [9.17, 15) is 8.42 Å². The molecule has 4 nitrogen and oxygen atoms in total. The van der Waals surface area contributed by atoms with Crippen LogP contribution in [-0.2, 0) is 22.1 Å². The third kappa shape index (κ3) is 4.51. The number of nitrogens with zero attached hydrogens (tertiary/aromatic N) is 1. The first kappa shape index (κ1) is 14.8. The van der Waals surface area contributed by atoms with Crippen LogP contribution in [0, 0.1) is 0 Å². The Bertz CT molecular complexity index is 685. The minimum Gasteiger partial charge on any atom is -0.380 e. The van der Waals surface area contributed by atoms with E-state index in [0.717, 1.165) is 16.8 Å². The summed E-state index contributed by atoms with van der Waals surface area (Å²) in [7, 11) is -2.99. The molecule has 0 bridgehead atoms. The lowest BCUT2D eigenvalue weighted by molar-refractivity contribution is 0.601. The van der Waals surface area contributed by atoms with E-state index in [1.165, 1.54) is 6.26 Å². The molecule has 0 aliphatic heterocycles. The molecule has 1 heterocycles.